The van der Waals surface area contributed by atoms with E-state index in [1.54, 1.807) is 11.3 Å². The predicted octanol–water partition coefficient (Wildman–Crippen LogP) is 3.67. The highest BCUT2D eigenvalue weighted by Crippen LogP contribution is 2.42. The number of hydrogen-bond acceptors (Lipinski definition) is 4. The fourth-order valence-corrected chi connectivity index (χ4v) is 4.07. The van der Waals surface area contributed by atoms with Crippen LogP contribution in [-0.4, -0.2) is 12.1 Å². The normalized spacial score (nSPS) is 21.6. The van der Waals surface area contributed by atoms with Gasteiger partial charge in [-0.05, 0) is 26.7 Å². The first kappa shape index (κ1) is 14.0. The summed E-state index contributed by atoms with van der Waals surface area (Å²) in [6, 6.07) is 0.0657. The Labute approximate surface area is 114 Å². The molecule has 0 spiro atoms. The SMILES string of the molecule is COC1(c2nc(C)c(C(C)N)s2)CCCCCC1. The molecule has 1 unspecified atom stereocenters. The van der Waals surface area contributed by atoms with E-state index in [1.165, 1.54) is 30.6 Å². The number of aromatic nitrogens is 1. The molecule has 4 heteroatoms. The standard InChI is InChI=1S/C14H24N2OS/c1-10(15)12-11(2)16-13(18-12)14(17-3)8-6-4-5-7-9-14/h10H,4-9,15H2,1-3H3. The van der Waals surface area contributed by atoms with Gasteiger partial charge in [-0.3, -0.25) is 0 Å². The maximum absolute atomic E-state index is 6.00. The van der Waals surface area contributed by atoms with Crippen LogP contribution in [0.4, 0.5) is 0 Å². The van der Waals surface area contributed by atoms with E-state index in [1.807, 2.05) is 14.0 Å². The zero-order valence-corrected chi connectivity index (χ0v) is 12.5. The van der Waals surface area contributed by atoms with Gasteiger partial charge >= 0.3 is 0 Å². The summed E-state index contributed by atoms with van der Waals surface area (Å²) in [5.74, 6) is 0. The van der Waals surface area contributed by atoms with Crippen molar-refractivity contribution >= 4 is 11.3 Å². The number of nitrogens with two attached hydrogens (primary N) is 1. The van der Waals surface area contributed by atoms with Gasteiger partial charge in [0.1, 0.15) is 10.6 Å². The van der Waals surface area contributed by atoms with Gasteiger partial charge in [-0.1, -0.05) is 25.7 Å². The van der Waals surface area contributed by atoms with Crippen LogP contribution in [0, 0.1) is 6.92 Å². The number of thiazole rings is 1. The van der Waals surface area contributed by atoms with Crippen LogP contribution in [-0.2, 0) is 10.3 Å². The van der Waals surface area contributed by atoms with E-state index in [4.69, 9.17) is 15.5 Å². The molecule has 0 amide bonds. The summed E-state index contributed by atoms with van der Waals surface area (Å²) in [7, 11) is 1.83. The maximum atomic E-state index is 6.00. The molecule has 1 heterocycles. The van der Waals surface area contributed by atoms with Crippen LogP contribution in [0.3, 0.4) is 0 Å². The minimum atomic E-state index is -0.154. The second-order valence-corrected chi connectivity index (χ2v) is 6.40. The van der Waals surface area contributed by atoms with Crippen molar-refractivity contribution in [2.45, 2.75) is 64.0 Å². The summed E-state index contributed by atoms with van der Waals surface area (Å²) < 4.78 is 5.90. The Bertz CT molecular complexity index is 392. The third kappa shape index (κ3) is 2.60. The number of methoxy groups -OCH3 is 1. The van der Waals surface area contributed by atoms with E-state index in [9.17, 15) is 0 Å². The predicted molar refractivity (Wildman–Crippen MR) is 75.8 cm³/mol. The molecule has 3 nitrogen and oxygen atoms in total. The topological polar surface area (TPSA) is 48.1 Å². The highest BCUT2D eigenvalue weighted by molar-refractivity contribution is 7.12. The van der Waals surface area contributed by atoms with Gasteiger partial charge in [0.2, 0.25) is 0 Å². The molecule has 1 saturated carbocycles. The van der Waals surface area contributed by atoms with Gasteiger partial charge in [-0.15, -0.1) is 11.3 Å². The molecule has 0 saturated heterocycles. The van der Waals surface area contributed by atoms with Crippen molar-refractivity contribution in [2.24, 2.45) is 5.73 Å². The number of aryl methyl sites for hydroxylation is 1. The van der Waals surface area contributed by atoms with Crippen molar-refractivity contribution in [1.82, 2.24) is 4.98 Å². The Balaban J connectivity index is 2.34. The zero-order valence-electron chi connectivity index (χ0n) is 11.7. The van der Waals surface area contributed by atoms with Crippen LogP contribution >= 0.6 is 11.3 Å². The van der Waals surface area contributed by atoms with Crippen LogP contribution < -0.4 is 5.73 Å². The average Bonchev–Trinajstić information content (AvgIpc) is 2.61. The van der Waals surface area contributed by atoms with Crippen molar-refractivity contribution in [3.05, 3.63) is 15.6 Å². The molecule has 1 aromatic heterocycles. The van der Waals surface area contributed by atoms with Crippen LogP contribution in [0.1, 0.15) is 67.1 Å². The van der Waals surface area contributed by atoms with Crippen LogP contribution in [0.25, 0.3) is 0 Å². The zero-order chi connectivity index (χ0) is 13.2. The molecule has 102 valence electrons. The van der Waals surface area contributed by atoms with Crippen molar-refractivity contribution < 1.29 is 4.74 Å². The lowest BCUT2D eigenvalue weighted by Gasteiger charge is -2.29. The summed E-state index contributed by atoms with van der Waals surface area (Å²) in [6.07, 6.45) is 7.29. The lowest BCUT2D eigenvalue weighted by atomic mass is 9.95. The first-order valence-electron chi connectivity index (χ1n) is 6.87. The number of ether oxygens (including phenoxy) is 1. The van der Waals surface area contributed by atoms with Crippen molar-refractivity contribution in [1.29, 1.82) is 0 Å². The smallest absolute Gasteiger partial charge is 0.125 e. The molecule has 1 atom stereocenters. The summed E-state index contributed by atoms with van der Waals surface area (Å²) in [5, 5.41) is 1.14. The van der Waals surface area contributed by atoms with E-state index in [-0.39, 0.29) is 11.6 Å². The van der Waals surface area contributed by atoms with Gasteiger partial charge < -0.3 is 10.5 Å². The Morgan fingerprint density at radius 1 is 1.28 bits per heavy atom. The fourth-order valence-electron chi connectivity index (χ4n) is 2.83. The summed E-state index contributed by atoms with van der Waals surface area (Å²) in [6.45, 7) is 4.08. The molecule has 2 N–H and O–H groups in total. The van der Waals surface area contributed by atoms with Crippen molar-refractivity contribution in [3.8, 4) is 0 Å². The third-order valence-corrected chi connectivity index (χ3v) is 5.48. The van der Waals surface area contributed by atoms with Gasteiger partial charge in [0, 0.05) is 18.0 Å². The average molecular weight is 268 g/mol. The summed E-state index contributed by atoms with van der Waals surface area (Å²) >= 11 is 1.75. The Morgan fingerprint density at radius 3 is 2.33 bits per heavy atom. The molecule has 1 aliphatic carbocycles. The van der Waals surface area contributed by atoms with E-state index < -0.39 is 0 Å². The van der Waals surface area contributed by atoms with E-state index in [0.29, 0.717) is 0 Å². The van der Waals surface area contributed by atoms with E-state index in [2.05, 4.69) is 6.92 Å². The van der Waals surface area contributed by atoms with Gasteiger partial charge in [-0.25, -0.2) is 4.98 Å². The summed E-state index contributed by atoms with van der Waals surface area (Å²) in [5.41, 5.74) is 6.92. The monoisotopic (exact) mass is 268 g/mol. The molecule has 2 rings (SSSR count). The molecule has 0 radical (unpaired) electrons. The minimum absolute atomic E-state index is 0.0657. The van der Waals surface area contributed by atoms with Gasteiger partial charge in [0.15, 0.2) is 0 Å². The molecule has 0 bridgehead atoms. The van der Waals surface area contributed by atoms with Gasteiger partial charge in [-0.2, -0.15) is 0 Å². The van der Waals surface area contributed by atoms with E-state index >= 15 is 0 Å². The molecule has 1 aromatic rings. The maximum Gasteiger partial charge on any atom is 0.125 e. The number of rotatable bonds is 3. The molecule has 0 aromatic carbocycles. The first-order chi connectivity index (χ1) is 8.59. The van der Waals surface area contributed by atoms with Crippen LogP contribution in [0.5, 0.6) is 0 Å². The minimum Gasteiger partial charge on any atom is -0.371 e. The summed E-state index contributed by atoms with van der Waals surface area (Å²) in [4.78, 5) is 5.95. The molecule has 0 aliphatic heterocycles. The molecular weight excluding hydrogens is 244 g/mol. The molecule has 18 heavy (non-hydrogen) atoms. The fraction of sp³-hybridized carbons (Fsp3) is 0.786. The highest BCUT2D eigenvalue weighted by atomic mass is 32.1. The van der Waals surface area contributed by atoms with Crippen molar-refractivity contribution in [2.75, 3.05) is 7.11 Å². The lowest BCUT2D eigenvalue weighted by molar-refractivity contribution is -0.0280. The number of nitrogens with zero attached hydrogens (tertiary/aromatic N) is 1. The lowest BCUT2D eigenvalue weighted by Crippen LogP contribution is -2.27. The number of hydrogen-bond donors (Lipinski definition) is 1. The third-order valence-electron chi connectivity index (χ3n) is 3.94. The highest BCUT2D eigenvalue weighted by Gasteiger charge is 2.36. The molecular formula is C14H24N2OS. The van der Waals surface area contributed by atoms with Gasteiger partial charge in [0.05, 0.1) is 5.69 Å². The van der Waals surface area contributed by atoms with Crippen LogP contribution in [0.2, 0.25) is 0 Å². The largest absolute Gasteiger partial charge is 0.371 e. The Hall–Kier alpha value is -0.450. The molecule has 1 fully saturated rings. The second-order valence-electron chi connectivity index (χ2n) is 5.37. The quantitative estimate of drug-likeness (QED) is 0.851. The second kappa shape index (κ2) is 5.68. The van der Waals surface area contributed by atoms with Gasteiger partial charge in [0.25, 0.3) is 0 Å². The van der Waals surface area contributed by atoms with E-state index in [0.717, 1.165) is 23.5 Å². The Kier molecular flexibility index (Phi) is 4.41. The van der Waals surface area contributed by atoms with Crippen LogP contribution in [0.15, 0.2) is 0 Å². The molecule has 1 aliphatic rings. The van der Waals surface area contributed by atoms with Crippen molar-refractivity contribution in [3.63, 3.8) is 0 Å². The first-order valence-corrected chi connectivity index (χ1v) is 7.69. The Morgan fingerprint density at radius 2 is 1.89 bits per heavy atom.